The number of nitrogens with two attached hydrogens (primary N) is 1. The molecule has 3 atom stereocenters. The van der Waals surface area contributed by atoms with Crippen LogP contribution in [0.5, 0.6) is 0 Å². The maximum atomic E-state index is 14.1. The van der Waals surface area contributed by atoms with E-state index in [0.717, 1.165) is 10.9 Å². The van der Waals surface area contributed by atoms with E-state index in [2.05, 4.69) is 29.8 Å². The maximum Gasteiger partial charge on any atom is 0.128 e. The normalized spacial score (nSPS) is 25.4. The molecule has 0 amide bonds. The third-order valence-electron chi connectivity index (χ3n) is 4.17. The predicted molar refractivity (Wildman–Crippen MR) is 78.3 cm³/mol. The lowest BCUT2D eigenvalue weighted by Crippen LogP contribution is -2.45. The zero-order valence-corrected chi connectivity index (χ0v) is 13.2. The average molecular weight is 330 g/mol. The van der Waals surface area contributed by atoms with Crippen LogP contribution in [0.25, 0.3) is 0 Å². The molecule has 4 heteroatoms. The van der Waals surface area contributed by atoms with Crippen molar-refractivity contribution in [2.75, 3.05) is 13.7 Å². The number of ether oxygens (including phenoxy) is 1. The Bertz CT molecular complexity index is 465. The number of halogens is 2. The largest absolute Gasteiger partial charge is 0.382 e. The van der Waals surface area contributed by atoms with Crippen LogP contribution in [0.15, 0.2) is 22.7 Å². The Morgan fingerprint density at radius 2 is 2.21 bits per heavy atom. The first kappa shape index (κ1) is 14.9. The topological polar surface area (TPSA) is 35.2 Å². The van der Waals surface area contributed by atoms with Crippen LogP contribution in [0.1, 0.15) is 25.8 Å². The van der Waals surface area contributed by atoms with Crippen molar-refractivity contribution in [2.45, 2.75) is 25.8 Å². The highest BCUT2D eigenvalue weighted by atomic mass is 79.9. The molecule has 106 valence electrons. The molecule has 1 fully saturated rings. The van der Waals surface area contributed by atoms with E-state index < -0.39 is 5.54 Å². The van der Waals surface area contributed by atoms with Gasteiger partial charge >= 0.3 is 0 Å². The van der Waals surface area contributed by atoms with Gasteiger partial charge in [0.05, 0.1) is 12.1 Å². The lowest BCUT2D eigenvalue weighted by atomic mass is 9.84. The van der Waals surface area contributed by atoms with Gasteiger partial charge in [-0.2, -0.15) is 0 Å². The lowest BCUT2D eigenvalue weighted by Gasteiger charge is -2.31. The highest BCUT2D eigenvalue weighted by Gasteiger charge is 2.53. The van der Waals surface area contributed by atoms with Gasteiger partial charge < -0.3 is 10.5 Å². The molecule has 0 aliphatic heterocycles. The Kier molecular flexibility index (Phi) is 4.33. The summed E-state index contributed by atoms with van der Waals surface area (Å²) in [6.07, 6.45) is 1.05. The fraction of sp³-hybridized carbons (Fsp3) is 0.600. The molecule has 0 saturated heterocycles. The molecule has 1 aliphatic rings. The molecule has 0 radical (unpaired) electrons. The molecule has 3 unspecified atom stereocenters. The van der Waals surface area contributed by atoms with E-state index in [1.54, 1.807) is 19.2 Å². The second-order valence-electron chi connectivity index (χ2n) is 5.85. The summed E-state index contributed by atoms with van der Waals surface area (Å²) in [5, 5.41) is 0. The van der Waals surface area contributed by atoms with Gasteiger partial charge in [-0.15, -0.1) is 0 Å². The summed E-state index contributed by atoms with van der Waals surface area (Å²) in [6, 6.07) is 4.94. The molecule has 0 bridgehead atoms. The van der Waals surface area contributed by atoms with E-state index in [9.17, 15) is 4.39 Å². The van der Waals surface area contributed by atoms with E-state index >= 15 is 0 Å². The van der Waals surface area contributed by atoms with Gasteiger partial charge in [-0.05, 0) is 42.4 Å². The Morgan fingerprint density at radius 3 is 2.74 bits per heavy atom. The molecule has 2 nitrogen and oxygen atoms in total. The summed E-state index contributed by atoms with van der Waals surface area (Å²) in [4.78, 5) is 0. The van der Waals surface area contributed by atoms with E-state index in [4.69, 9.17) is 10.5 Å². The van der Waals surface area contributed by atoms with E-state index in [0.29, 0.717) is 24.0 Å². The van der Waals surface area contributed by atoms with Crippen LogP contribution in [-0.4, -0.2) is 13.7 Å². The van der Waals surface area contributed by atoms with Crippen LogP contribution in [0.2, 0.25) is 0 Å². The molecule has 0 spiro atoms. The predicted octanol–water partition coefficient (Wildman–Crippen LogP) is 3.68. The summed E-state index contributed by atoms with van der Waals surface area (Å²) < 4.78 is 20.3. The van der Waals surface area contributed by atoms with Crippen molar-refractivity contribution >= 4 is 15.9 Å². The highest BCUT2D eigenvalue weighted by Crippen LogP contribution is 2.53. The SMILES string of the molecule is COCC(N)(c1cc(Br)ccc1F)C1CC1C(C)C. The smallest absolute Gasteiger partial charge is 0.128 e. The third-order valence-corrected chi connectivity index (χ3v) is 4.66. The van der Waals surface area contributed by atoms with Gasteiger partial charge in [-0.25, -0.2) is 4.39 Å². The van der Waals surface area contributed by atoms with Crippen molar-refractivity contribution < 1.29 is 9.13 Å². The summed E-state index contributed by atoms with van der Waals surface area (Å²) in [7, 11) is 1.62. The number of hydrogen-bond acceptors (Lipinski definition) is 2. The van der Waals surface area contributed by atoms with Crippen molar-refractivity contribution in [1.29, 1.82) is 0 Å². The minimum atomic E-state index is -0.739. The molecule has 19 heavy (non-hydrogen) atoms. The van der Waals surface area contributed by atoms with Crippen LogP contribution < -0.4 is 5.73 Å². The molecule has 2 rings (SSSR count). The molecule has 2 N–H and O–H groups in total. The van der Waals surface area contributed by atoms with Crippen molar-refractivity contribution in [2.24, 2.45) is 23.5 Å². The molecule has 0 heterocycles. The minimum Gasteiger partial charge on any atom is -0.382 e. The van der Waals surface area contributed by atoms with Crippen LogP contribution in [0.4, 0.5) is 4.39 Å². The molecular weight excluding hydrogens is 309 g/mol. The second-order valence-corrected chi connectivity index (χ2v) is 6.76. The van der Waals surface area contributed by atoms with E-state index in [1.165, 1.54) is 6.07 Å². The van der Waals surface area contributed by atoms with Crippen LogP contribution in [0, 0.1) is 23.6 Å². The number of benzene rings is 1. The first-order valence-electron chi connectivity index (χ1n) is 6.63. The summed E-state index contributed by atoms with van der Waals surface area (Å²) in [5.41, 5.74) is 6.36. The van der Waals surface area contributed by atoms with E-state index in [-0.39, 0.29) is 11.7 Å². The van der Waals surface area contributed by atoms with Crippen molar-refractivity contribution in [1.82, 2.24) is 0 Å². The number of hydrogen-bond donors (Lipinski definition) is 1. The highest BCUT2D eigenvalue weighted by molar-refractivity contribution is 9.10. The fourth-order valence-electron chi connectivity index (χ4n) is 3.02. The standard InChI is InChI=1S/C15H21BrFNO/c1-9(2)11-7-12(11)15(18,8-19-3)13-6-10(16)4-5-14(13)17/h4-6,9,11-12H,7-8,18H2,1-3H3. The fourth-order valence-corrected chi connectivity index (χ4v) is 3.38. The van der Waals surface area contributed by atoms with Crippen LogP contribution in [-0.2, 0) is 10.3 Å². The van der Waals surface area contributed by atoms with Gasteiger partial charge in [-0.1, -0.05) is 29.8 Å². The van der Waals surface area contributed by atoms with E-state index in [1.807, 2.05) is 0 Å². The minimum absolute atomic E-state index is 0.253. The first-order valence-corrected chi connectivity index (χ1v) is 7.42. The molecule has 1 saturated carbocycles. The van der Waals surface area contributed by atoms with Gasteiger partial charge in [0.1, 0.15) is 5.82 Å². The number of methoxy groups -OCH3 is 1. The van der Waals surface area contributed by atoms with Gasteiger partial charge in [0.2, 0.25) is 0 Å². The van der Waals surface area contributed by atoms with Crippen molar-refractivity contribution in [3.05, 3.63) is 34.1 Å². The third kappa shape index (κ3) is 2.86. The second kappa shape index (κ2) is 5.51. The first-order chi connectivity index (χ1) is 8.90. The summed E-state index contributed by atoms with van der Waals surface area (Å²) in [6.45, 7) is 4.72. The van der Waals surface area contributed by atoms with Crippen LogP contribution in [0.3, 0.4) is 0 Å². The monoisotopic (exact) mass is 329 g/mol. The molecule has 0 aromatic heterocycles. The summed E-state index contributed by atoms with van der Waals surface area (Å²) >= 11 is 3.39. The lowest BCUT2D eigenvalue weighted by molar-refractivity contribution is 0.111. The van der Waals surface area contributed by atoms with Gasteiger partial charge in [0, 0.05) is 17.1 Å². The zero-order valence-electron chi connectivity index (χ0n) is 11.6. The Labute approximate surface area is 122 Å². The Balaban J connectivity index is 2.37. The molecule has 1 aliphatic carbocycles. The Morgan fingerprint density at radius 1 is 1.53 bits per heavy atom. The quantitative estimate of drug-likeness (QED) is 0.894. The Hall–Kier alpha value is -0.450. The number of rotatable bonds is 5. The molecule has 1 aromatic carbocycles. The van der Waals surface area contributed by atoms with Crippen molar-refractivity contribution in [3.63, 3.8) is 0 Å². The molecule has 1 aromatic rings. The van der Waals surface area contributed by atoms with Gasteiger partial charge in [0.25, 0.3) is 0 Å². The average Bonchev–Trinajstić information content (AvgIpc) is 3.13. The summed E-state index contributed by atoms with van der Waals surface area (Å²) in [5.74, 6) is 1.16. The zero-order chi connectivity index (χ0) is 14.2. The van der Waals surface area contributed by atoms with Crippen molar-refractivity contribution in [3.8, 4) is 0 Å². The molecular formula is C15H21BrFNO. The van der Waals surface area contributed by atoms with Gasteiger partial charge in [-0.3, -0.25) is 0 Å². The van der Waals surface area contributed by atoms with Gasteiger partial charge in [0.15, 0.2) is 0 Å². The maximum absolute atomic E-state index is 14.1. The van der Waals surface area contributed by atoms with Crippen LogP contribution >= 0.6 is 15.9 Å².